The summed E-state index contributed by atoms with van der Waals surface area (Å²) in [5.74, 6) is 0.413. The minimum atomic E-state index is -0.495. The molecule has 22 heavy (non-hydrogen) atoms. The van der Waals surface area contributed by atoms with Crippen molar-refractivity contribution in [3.8, 4) is 0 Å². The minimum absolute atomic E-state index is 0.115. The van der Waals surface area contributed by atoms with Crippen LogP contribution in [0.4, 0.5) is 16.3 Å². The first-order valence-corrected chi connectivity index (χ1v) is 7.21. The van der Waals surface area contributed by atoms with E-state index in [2.05, 4.69) is 20.6 Å². The number of thiazole rings is 1. The summed E-state index contributed by atoms with van der Waals surface area (Å²) >= 11 is 1.34. The van der Waals surface area contributed by atoms with Gasteiger partial charge in [-0.25, -0.2) is 14.8 Å². The number of amides is 2. The van der Waals surface area contributed by atoms with Crippen LogP contribution in [0.1, 0.15) is 5.56 Å². The molecule has 9 heteroatoms. The van der Waals surface area contributed by atoms with Crippen molar-refractivity contribution in [1.82, 2.24) is 19.7 Å². The first-order valence-electron chi connectivity index (χ1n) is 6.33. The molecule has 0 atom stereocenters. The molecule has 112 valence electrons. The maximum Gasteiger partial charge on any atom is 0.319 e. The molecule has 3 rings (SSSR count). The number of nitrogens with two attached hydrogens (primary N) is 1. The summed E-state index contributed by atoms with van der Waals surface area (Å²) in [7, 11) is 0. The van der Waals surface area contributed by atoms with Crippen LogP contribution < -0.4 is 21.9 Å². The van der Waals surface area contributed by atoms with Crippen molar-refractivity contribution in [2.75, 3.05) is 11.1 Å². The summed E-state index contributed by atoms with van der Waals surface area (Å²) < 4.78 is 1.38. The second-order valence-electron chi connectivity index (χ2n) is 4.43. The first-order chi connectivity index (χ1) is 10.6. The molecule has 0 unspecified atom stereocenters. The Kier molecular flexibility index (Phi) is 3.71. The number of nitrogens with zero attached hydrogens (tertiary/aromatic N) is 3. The van der Waals surface area contributed by atoms with Gasteiger partial charge >= 0.3 is 6.03 Å². The fourth-order valence-electron chi connectivity index (χ4n) is 1.80. The third-order valence-electron chi connectivity index (χ3n) is 2.89. The highest BCUT2D eigenvalue weighted by Crippen LogP contribution is 2.07. The van der Waals surface area contributed by atoms with Crippen molar-refractivity contribution in [3.05, 3.63) is 52.0 Å². The van der Waals surface area contributed by atoms with Crippen LogP contribution in [0.15, 0.2) is 40.9 Å². The van der Waals surface area contributed by atoms with Crippen LogP contribution in [0, 0.1) is 0 Å². The Hall–Kier alpha value is -2.94. The summed E-state index contributed by atoms with van der Waals surface area (Å²) in [4.78, 5) is 32.5. The molecule has 0 aliphatic carbocycles. The molecule has 4 N–H and O–H groups in total. The van der Waals surface area contributed by atoms with Crippen LogP contribution >= 0.6 is 11.3 Å². The summed E-state index contributed by atoms with van der Waals surface area (Å²) in [6.07, 6.45) is 4.53. The van der Waals surface area contributed by atoms with Gasteiger partial charge in [-0.3, -0.25) is 9.20 Å². The molecular weight excluding hydrogens is 304 g/mol. The van der Waals surface area contributed by atoms with E-state index >= 15 is 0 Å². The van der Waals surface area contributed by atoms with E-state index in [1.54, 1.807) is 29.9 Å². The number of hydrogen-bond acceptors (Lipinski definition) is 6. The Morgan fingerprint density at radius 1 is 1.32 bits per heavy atom. The quantitative estimate of drug-likeness (QED) is 0.668. The number of nitrogen functional groups attached to an aromatic ring is 1. The van der Waals surface area contributed by atoms with Crippen molar-refractivity contribution in [2.24, 2.45) is 0 Å². The second kappa shape index (κ2) is 5.82. The normalized spacial score (nSPS) is 10.5. The highest BCUT2D eigenvalue weighted by atomic mass is 32.1. The molecular formula is C13H12N6O2S. The number of pyridine rings is 1. The SMILES string of the molecule is Nc1ccc(CNC(=O)Nc2cnc3sccn3c2=O)cn1. The molecule has 0 bridgehead atoms. The molecule has 0 fully saturated rings. The number of nitrogens with one attached hydrogen (secondary N) is 2. The zero-order chi connectivity index (χ0) is 15.5. The number of hydrogen-bond donors (Lipinski definition) is 3. The summed E-state index contributed by atoms with van der Waals surface area (Å²) in [6.45, 7) is 0.272. The van der Waals surface area contributed by atoms with Crippen molar-refractivity contribution in [2.45, 2.75) is 6.54 Å². The lowest BCUT2D eigenvalue weighted by atomic mass is 10.3. The summed E-state index contributed by atoms with van der Waals surface area (Å²) in [5.41, 5.74) is 6.07. The zero-order valence-corrected chi connectivity index (χ0v) is 12.1. The van der Waals surface area contributed by atoms with Gasteiger partial charge < -0.3 is 16.4 Å². The van der Waals surface area contributed by atoms with Gasteiger partial charge in [-0.2, -0.15) is 0 Å². The molecule has 3 aromatic heterocycles. The third-order valence-corrected chi connectivity index (χ3v) is 3.66. The van der Waals surface area contributed by atoms with Gasteiger partial charge in [-0.1, -0.05) is 6.07 Å². The molecule has 3 heterocycles. The lowest BCUT2D eigenvalue weighted by Gasteiger charge is -2.07. The third kappa shape index (κ3) is 2.88. The van der Waals surface area contributed by atoms with Gasteiger partial charge in [-0.05, 0) is 11.6 Å². The van der Waals surface area contributed by atoms with Crippen molar-refractivity contribution in [3.63, 3.8) is 0 Å². The van der Waals surface area contributed by atoms with Crippen LogP contribution in [0.25, 0.3) is 4.96 Å². The van der Waals surface area contributed by atoms with Crippen LogP contribution in [0.3, 0.4) is 0 Å². The average molecular weight is 316 g/mol. The molecule has 0 aliphatic heterocycles. The molecule has 0 spiro atoms. The standard InChI is InChI=1S/C13H12N6O2S/c14-10-2-1-8(5-15-10)6-16-12(21)18-9-7-17-13-19(11(9)20)3-4-22-13/h1-5,7H,6H2,(H2,14,15)(H2,16,18,21). The largest absolute Gasteiger partial charge is 0.384 e. The van der Waals surface area contributed by atoms with Crippen LogP contribution in [0.2, 0.25) is 0 Å². The van der Waals surface area contributed by atoms with E-state index in [1.807, 2.05) is 0 Å². The Balaban J connectivity index is 1.66. The van der Waals surface area contributed by atoms with E-state index in [-0.39, 0.29) is 17.8 Å². The predicted molar refractivity (Wildman–Crippen MR) is 83.8 cm³/mol. The number of carbonyl (C=O) groups is 1. The van der Waals surface area contributed by atoms with Gasteiger partial charge in [0.1, 0.15) is 11.5 Å². The van der Waals surface area contributed by atoms with E-state index in [1.165, 1.54) is 21.9 Å². The van der Waals surface area contributed by atoms with E-state index in [0.29, 0.717) is 10.8 Å². The van der Waals surface area contributed by atoms with E-state index in [4.69, 9.17) is 5.73 Å². The van der Waals surface area contributed by atoms with Gasteiger partial charge in [0.15, 0.2) is 4.96 Å². The van der Waals surface area contributed by atoms with Gasteiger partial charge in [0.25, 0.3) is 5.56 Å². The molecule has 0 radical (unpaired) electrons. The maximum absolute atomic E-state index is 12.1. The molecule has 0 saturated carbocycles. The fourth-order valence-corrected chi connectivity index (χ4v) is 2.47. The number of carbonyl (C=O) groups excluding carboxylic acids is 1. The van der Waals surface area contributed by atoms with E-state index < -0.39 is 6.03 Å². The molecule has 0 saturated heterocycles. The summed E-state index contributed by atoms with van der Waals surface area (Å²) in [5, 5.41) is 6.87. The highest BCUT2D eigenvalue weighted by Gasteiger charge is 2.09. The minimum Gasteiger partial charge on any atom is -0.384 e. The average Bonchev–Trinajstić information content (AvgIpc) is 2.99. The van der Waals surface area contributed by atoms with Gasteiger partial charge in [0, 0.05) is 24.3 Å². The monoisotopic (exact) mass is 316 g/mol. The highest BCUT2D eigenvalue weighted by molar-refractivity contribution is 7.15. The van der Waals surface area contributed by atoms with E-state index in [0.717, 1.165) is 5.56 Å². The number of anilines is 2. The lowest BCUT2D eigenvalue weighted by Crippen LogP contribution is -2.31. The smallest absolute Gasteiger partial charge is 0.319 e. The molecule has 0 aromatic carbocycles. The van der Waals surface area contributed by atoms with Crippen LogP contribution in [-0.2, 0) is 6.54 Å². The Morgan fingerprint density at radius 2 is 2.18 bits per heavy atom. The van der Waals surface area contributed by atoms with Gasteiger partial charge in [0.2, 0.25) is 0 Å². The topological polar surface area (TPSA) is 114 Å². The Bertz CT molecular complexity index is 870. The maximum atomic E-state index is 12.1. The molecule has 0 aliphatic rings. The lowest BCUT2D eigenvalue weighted by molar-refractivity contribution is 0.251. The number of rotatable bonds is 3. The Morgan fingerprint density at radius 3 is 2.95 bits per heavy atom. The molecule has 8 nitrogen and oxygen atoms in total. The Labute approximate surface area is 128 Å². The fraction of sp³-hybridized carbons (Fsp3) is 0.0769. The van der Waals surface area contributed by atoms with Gasteiger partial charge in [-0.15, -0.1) is 11.3 Å². The van der Waals surface area contributed by atoms with Gasteiger partial charge in [0.05, 0.1) is 6.20 Å². The van der Waals surface area contributed by atoms with Crippen molar-refractivity contribution >= 4 is 33.8 Å². The molecule has 3 aromatic rings. The predicted octanol–water partition coefficient (Wildman–Crippen LogP) is 1.05. The first kappa shape index (κ1) is 14.0. The van der Waals surface area contributed by atoms with E-state index in [9.17, 15) is 9.59 Å². The second-order valence-corrected chi connectivity index (χ2v) is 5.30. The van der Waals surface area contributed by atoms with Crippen LogP contribution in [-0.4, -0.2) is 20.4 Å². The van der Waals surface area contributed by atoms with Crippen molar-refractivity contribution in [1.29, 1.82) is 0 Å². The number of fused-ring (bicyclic) bond motifs is 1. The van der Waals surface area contributed by atoms with Crippen LogP contribution in [0.5, 0.6) is 0 Å². The molecule has 2 amide bonds. The zero-order valence-electron chi connectivity index (χ0n) is 11.3. The number of urea groups is 1. The number of aromatic nitrogens is 3. The van der Waals surface area contributed by atoms with Crippen molar-refractivity contribution < 1.29 is 4.79 Å². The summed E-state index contributed by atoms with van der Waals surface area (Å²) in [6, 6.07) is 2.91.